The number of H-pyrrole nitrogens is 1. The van der Waals surface area contributed by atoms with E-state index in [0.29, 0.717) is 0 Å². The first-order chi connectivity index (χ1) is 3.43. The van der Waals surface area contributed by atoms with Crippen molar-refractivity contribution in [1.82, 2.24) is 10.2 Å². The molecule has 3 heteroatoms. The molecule has 1 aromatic heterocycles. The van der Waals surface area contributed by atoms with Crippen LogP contribution in [-0.2, 0) is 6.16 Å². The highest BCUT2D eigenvalue weighted by atomic mass is 31.0. The summed E-state index contributed by atoms with van der Waals surface area (Å²) in [6.45, 7) is 0. The predicted octanol–water partition coefficient (Wildman–Crippen LogP) is 0.785. The molecule has 0 aromatic carbocycles. The van der Waals surface area contributed by atoms with E-state index in [1.807, 2.05) is 6.07 Å². The molecular weight excluding hydrogens is 107 g/mol. The Morgan fingerprint density at radius 2 is 2.71 bits per heavy atom. The average Bonchev–Trinajstić information content (AvgIpc) is 2.14. The van der Waals surface area contributed by atoms with Crippen molar-refractivity contribution < 1.29 is 0 Å². The van der Waals surface area contributed by atoms with Crippen LogP contribution in [0.5, 0.6) is 0 Å². The van der Waals surface area contributed by atoms with Gasteiger partial charge in [0.15, 0.2) is 0 Å². The number of nitrogens with zero attached hydrogens (tertiary/aromatic N) is 1. The molecular formula is C4H7N2P. The van der Waals surface area contributed by atoms with Crippen LogP contribution in [0.2, 0.25) is 0 Å². The summed E-state index contributed by atoms with van der Waals surface area (Å²) < 4.78 is 0. The van der Waals surface area contributed by atoms with E-state index < -0.39 is 0 Å². The SMILES string of the molecule is PCc1ccn[nH]1. The molecule has 0 aliphatic carbocycles. The summed E-state index contributed by atoms with van der Waals surface area (Å²) in [5.41, 5.74) is 1.16. The summed E-state index contributed by atoms with van der Waals surface area (Å²) in [5, 5.41) is 6.57. The van der Waals surface area contributed by atoms with E-state index in [9.17, 15) is 0 Å². The highest BCUT2D eigenvalue weighted by molar-refractivity contribution is 7.15. The molecule has 1 atom stereocenters. The molecule has 0 aliphatic heterocycles. The summed E-state index contributed by atoms with van der Waals surface area (Å²) in [6, 6.07) is 1.95. The van der Waals surface area contributed by atoms with Gasteiger partial charge in [0.25, 0.3) is 0 Å². The molecule has 0 aliphatic rings. The molecule has 1 heterocycles. The molecule has 1 N–H and O–H groups in total. The second kappa shape index (κ2) is 2.08. The van der Waals surface area contributed by atoms with E-state index >= 15 is 0 Å². The first-order valence-electron chi connectivity index (χ1n) is 2.12. The van der Waals surface area contributed by atoms with Crippen molar-refractivity contribution in [2.45, 2.75) is 6.16 Å². The average molecular weight is 114 g/mol. The minimum Gasteiger partial charge on any atom is -0.282 e. The summed E-state index contributed by atoms with van der Waals surface area (Å²) in [4.78, 5) is 0. The smallest absolute Gasteiger partial charge is 0.0490 e. The van der Waals surface area contributed by atoms with Gasteiger partial charge in [0.2, 0.25) is 0 Å². The highest BCUT2D eigenvalue weighted by Gasteiger charge is 1.82. The van der Waals surface area contributed by atoms with Crippen molar-refractivity contribution in [1.29, 1.82) is 0 Å². The summed E-state index contributed by atoms with van der Waals surface area (Å²) in [5.74, 6) is 0. The van der Waals surface area contributed by atoms with Gasteiger partial charge < -0.3 is 0 Å². The van der Waals surface area contributed by atoms with Gasteiger partial charge in [-0.05, 0) is 6.07 Å². The quantitative estimate of drug-likeness (QED) is 0.537. The Labute approximate surface area is 44.5 Å². The van der Waals surface area contributed by atoms with Crippen molar-refractivity contribution in [2.24, 2.45) is 0 Å². The van der Waals surface area contributed by atoms with E-state index in [1.165, 1.54) is 0 Å². The summed E-state index contributed by atoms with van der Waals surface area (Å²) in [6.07, 6.45) is 2.71. The molecule has 0 fully saturated rings. The lowest BCUT2D eigenvalue weighted by Crippen LogP contribution is -1.72. The Kier molecular flexibility index (Phi) is 1.42. The van der Waals surface area contributed by atoms with Gasteiger partial charge in [-0.3, -0.25) is 5.10 Å². The third-order valence-corrected chi connectivity index (χ3v) is 1.22. The van der Waals surface area contributed by atoms with Crippen LogP contribution in [-0.4, -0.2) is 10.2 Å². The zero-order chi connectivity index (χ0) is 5.11. The highest BCUT2D eigenvalue weighted by Crippen LogP contribution is 1.97. The topological polar surface area (TPSA) is 28.7 Å². The van der Waals surface area contributed by atoms with Gasteiger partial charge in [0.1, 0.15) is 0 Å². The summed E-state index contributed by atoms with van der Waals surface area (Å²) >= 11 is 0. The molecule has 0 saturated heterocycles. The Hall–Kier alpha value is -0.360. The molecule has 1 unspecified atom stereocenters. The van der Waals surface area contributed by atoms with Crippen LogP contribution >= 0.6 is 9.24 Å². The summed E-state index contributed by atoms with van der Waals surface area (Å²) in [7, 11) is 2.61. The largest absolute Gasteiger partial charge is 0.282 e. The molecule has 7 heavy (non-hydrogen) atoms. The van der Waals surface area contributed by atoms with E-state index in [4.69, 9.17) is 0 Å². The third-order valence-electron chi connectivity index (χ3n) is 0.778. The zero-order valence-electron chi connectivity index (χ0n) is 3.89. The minimum absolute atomic E-state index is 0.958. The fourth-order valence-electron chi connectivity index (χ4n) is 0.398. The fourth-order valence-corrected chi connectivity index (χ4v) is 0.626. The molecule has 0 bridgehead atoms. The molecule has 2 nitrogen and oxygen atoms in total. The molecule has 0 radical (unpaired) electrons. The lowest BCUT2D eigenvalue weighted by Gasteiger charge is -1.79. The van der Waals surface area contributed by atoms with Crippen molar-refractivity contribution >= 4 is 9.24 Å². The second-order valence-corrected chi connectivity index (χ2v) is 1.69. The van der Waals surface area contributed by atoms with Crippen LogP contribution < -0.4 is 0 Å². The maximum Gasteiger partial charge on any atom is 0.0490 e. The van der Waals surface area contributed by atoms with Crippen LogP contribution in [0.1, 0.15) is 5.69 Å². The van der Waals surface area contributed by atoms with Crippen molar-refractivity contribution in [3.8, 4) is 0 Å². The molecule has 0 amide bonds. The molecule has 0 spiro atoms. The van der Waals surface area contributed by atoms with Crippen LogP contribution in [0.25, 0.3) is 0 Å². The fraction of sp³-hybridized carbons (Fsp3) is 0.250. The van der Waals surface area contributed by atoms with E-state index in [-0.39, 0.29) is 0 Å². The molecule has 1 rings (SSSR count). The number of hydrogen-bond acceptors (Lipinski definition) is 1. The number of aromatic amines is 1. The van der Waals surface area contributed by atoms with Crippen LogP contribution in [0.4, 0.5) is 0 Å². The van der Waals surface area contributed by atoms with E-state index in [0.717, 1.165) is 11.9 Å². The van der Waals surface area contributed by atoms with Gasteiger partial charge in [0, 0.05) is 18.1 Å². The second-order valence-electron chi connectivity index (χ2n) is 1.29. The maximum absolute atomic E-state index is 3.75. The Morgan fingerprint density at radius 1 is 1.86 bits per heavy atom. The van der Waals surface area contributed by atoms with Crippen molar-refractivity contribution in [2.75, 3.05) is 0 Å². The molecule has 0 saturated carbocycles. The lowest BCUT2D eigenvalue weighted by molar-refractivity contribution is 1.04. The van der Waals surface area contributed by atoms with Gasteiger partial charge in [0.05, 0.1) is 0 Å². The van der Waals surface area contributed by atoms with Gasteiger partial charge in [-0.1, -0.05) is 0 Å². The van der Waals surface area contributed by atoms with Crippen molar-refractivity contribution in [3.05, 3.63) is 18.0 Å². The first-order valence-corrected chi connectivity index (χ1v) is 2.93. The first kappa shape index (κ1) is 4.79. The zero-order valence-corrected chi connectivity index (χ0v) is 5.04. The standard InChI is InChI=1S/C4H7N2P/c7-3-4-1-2-5-6-4/h1-2H,3,7H2,(H,5,6). The lowest BCUT2D eigenvalue weighted by atomic mass is 10.5. The number of nitrogens with one attached hydrogen (secondary N) is 1. The minimum atomic E-state index is 0.958. The Bertz CT molecular complexity index is 124. The Balaban J connectivity index is 2.76. The van der Waals surface area contributed by atoms with E-state index in [2.05, 4.69) is 19.4 Å². The van der Waals surface area contributed by atoms with Crippen LogP contribution in [0, 0.1) is 0 Å². The number of aromatic nitrogens is 2. The molecule has 38 valence electrons. The Morgan fingerprint density at radius 3 is 3.00 bits per heavy atom. The van der Waals surface area contributed by atoms with Gasteiger partial charge in [-0.25, -0.2) is 0 Å². The number of rotatable bonds is 1. The normalized spacial score (nSPS) is 9.29. The monoisotopic (exact) mass is 114 g/mol. The van der Waals surface area contributed by atoms with Crippen LogP contribution in [0.15, 0.2) is 12.3 Å². The maximum atomic E-state index is 3.75. The predicted molar refractivity (Wildman–Crippen MR) is 32.0 cm³/mol. The number of hydrogen-bond donors (Lipinski definition) is 1. The van der Waals surface area contributed by atoms with Crippen LogP contribution in [0.3, 0.4) is 0 Å². The van der Waals surface area contributed by atoms with Crippen molar-refractivity contribution in [3.63, 3.8) is 0 Å². The third kappa shape index (κ3) is 1.00. The van der Waals surface area contributed by atoms with Gasteiger partial charge in [-0.2, -0.15) is 5.10 Å². The van der Waals surface area contributed by atoms with Gasteiger partial charge in [-0.15, -0.1) is 9.24 Å². The van der Waals surface area contributed by atoms with Gasteiger partial charge >= 0.3 is 0 Å². The van der Waals surface area contributed by atoms with E-state index in [1.54, 1.807) is 6.20 Å². The molecule has 1 aromatic rings.